The van der Waals surface area contributed by atoms with Crippen molar-refractivity contribution in [2.45, 2.75) is 77.2 Å². The van der Waals surface area contributed by atoms with E-state index in [4.69, 9.17) is 4.74 Å². The standard InChI is InChI=1S/C18H32O/c1-3-15-5-7-16(8-6-15)9-10-17-11-13-18(14-12-17)19-4-2/h3,15-18H,1,4-14H2,2H3. The molecule has 1 heteroatoms. The Morgan fingerprint density at radius 1 is 0.895 bits per heavy atom. The van der Waals surface area contributed by atoms with Gasteiger partial charge in [-0.15, -0.1) is 6.58 Å². The summed E-state index contributed by atoms with van der Waals surface area (Å²) in [6.45, 7) is 6.95. The van der Waals surface area contributed by atoms with Gasteiger partial charge in [0.1, 0.15) is 0 Å². The van der Waals surface area contributed by atoms with Crippen molar-refractivity contribution in [2.24, 2.45) is 17.8 Å². The fraction of sp³-hybridized carbons (Fsp3) is 0.889. The second-order valence-corrected chi connectivity index (χ2v) is 6.69. The first-order valence-corrected chi connectivity index (χ1v) is 8.56. The second kappa shape index (κ2) is 8.09. The van der Waals surface area contributed by atoms with Gasteiger partial charge in [-0.1, -0.05) is 18.9 Å². The summed E-state index contributed by atoms with van der Waals surface area (Å²) in [4.78, 5) is 0. The molecule has 0 aliphatic heterocycles. The van der Waals surface area contributed by atoms with Crippen LogP contribution in [0.2, 0.25) is 0 Å². The molecule has 2 saturated carbocycles. The molecule has 0 saturated heterocycles. The second-order valence-electron chi connectivity index (χ2n) is 6.69. The lowest BCUT2D eigenvalue weighted by atomic mass is 9.77. The largest absolute Gasteiger partial charge is 0.379 e. The summed E-state index contributed by atoms with van der Waals surface area (Å²) in [6.07, 6.45) is 16.8. The van der Waals surface area contributed by atoms with Gasteiger partial charge >= 0.3 is 0 Å². The molecule has 0 aromatic carbocycles. The molecular formula is C18H32O. The summed E-state index contributed by atoms with van der Waals surface area (Å²) >= 11 is 0. The van der Waals surface area contributed by atoms with Crippen LogP contribution in [0.15, 0.2) is 12.7 Å². The Morgan fingerprint density at radius 3 is 1.89 bits per heavy atom. The lowest BCUT2D eigenvalue weighted by molar-refractivity contribution is 0.0239. The van der Waals surface area contributed by atoms with Crippen LogP contribution in [0.3, 0.4) is 0 Å². The first-order chi connectivity index (χ1) is 9.31. The Labute approximate surface area is 119 Å². The highest BCUT2D eigenvalue weighted by Crippen LogP contribution is 2.35. The molecule has 0 unspecified atom stereocenters. The van der Waals surface area contributed by atoms with Gasteiger partial charge in [-0.3, -0.25) is 0 Å². The zero-order valence-corrected chi connectivity index (χ0v) is 12.8. The molecule has 0 heterocycles. The van der Waals surface area contributed by atoms with Gasteiger partial charge in [-0.05, 0) is 76.0 Å². The van der Waals surface area contributed by atoms with Crippen LogP contribution < -0.4 is 0 Å². The van der Waals surface area contributed by atoms with Crippen molar-refractivity contribution in [3.05, 3.63) is 12.7 Å². The molecule has 0 atom stereocenters. The number of allylic oxidation sites excluding steroid dienone is 1. The van der Waals surface area contributed by atoms with Gasteiger partial charge in [0.15, 0.2) is 0 Å². The van der Waals surface area contributed by atoms with Crippen LogP contribution in [-0.2, 0) is 4.74 Å². The summed E-state index contributed by atoms with van der Waals surface area (Å²) in [7, 11) is 0. The first-order valence-electron chi connectivity index (χ1n) is 8.56. The van der Waals surface area contributed by atoms with Crippen LogP contribution in [0.1, 0.15) is 71.1 Å². The van der Waals surface area contributed by atoms with E-state index < -0.39 is 0 Å². The van der Waals surface area contributed by atoms with Crippen molar-refractivity contribution in [2.75, 3.05) is 6.61 Å². The number of hydrogen-bond donors (Lipinski definition) is 0. The van der Waals surface area contributed by atoms with E-state index in [2.05, 4.69) is 19.6 Å². The van der Waals surface area contributed by atoms with Gasteiger partial charge in [0.2, 0.25) is 0 Å². The zero-order chi connectivity index (χ0) is 13.5. The van der Waals surface area contributed by atoms with Gasteiger partial charge in [0.25, 0.3) is 0 Å². The van der Waals surface area contributed by atoms with E-state index in [1.807, 2.05) is 0 Å². The van der Waals surface area contributed by atoms with Crippen LogP contribution in [0, 0.1) is 17.8 Å². The lowest BCUT2D eigenvalue weighted by Gasteiger charge is -2.31. The van der Waals surface area contributed by atoms with Crippen LogP contribution in [0.5, 0.6) is 0 Å². The van der Waals surface area contributed by atoms with E-state index >= 15 is 0 Å². The monoisotopic (exact) mass is 264 g/mol. The Balaban J connectivity index is 1.58. The van der Waals surface area contributed by atoms with Gasteiger partial charge in [0.05, 0.1) is 6.10 Å². The van der Waals surface area contributed by atoms with Gasteiger partial charge in [-0.2, -0.15) is 0 Å². The van der Waals surface area contributed by atoms with Gasteiger partial charge in [0, 0.05) is 6.61 Å². The Bertz CT molecular complexity index is 244. The Morgan fingerprint density at radius 2 is 1.42 bits per heavy atom. The van der Waals surface area contributed by atoms with E-state index in [-0.39, 0.29) is 0 Å². The molecule has 0 spiro atoms. The highest BCUT2D eigenvalue weighted by molar-refractivity contribution is 4.84. The molecule has 19 heavy (non-hydrogen) atoms. The Kier molecular flexibility index (Phi) is 6.43. The van der Waals surface area contributed by atoms with E-state index in [0.717, 1.165) is 24.4 Å². The Hall–Kier alpha value is -0.300. The molecule has 1 nitrogen and oxygen atoms in total. The average Bonchev–Trinajstić information content (AvgIpc) is 2.47. The van der Waals surface area contributed by atoms with Gasteiger partial charge < -0.3 is 4.74 Å². The minimum absolute atomic E-state index is 0.573. The van der Waals surface area contributed by atoms with Crippen LogP contribution in [0.4, 0.5) is 0 Å². The third kappa shape index (κ3) is 4.95. The van der Waals surface area contributed by atoms with E-state index in [1.54, 1.807) is 0 Å². The molecule has 0 N–H and O–H groups in total. The minimum Gasteiger partial charge on any atom is -0.379 e. The normalized spacial score (nSPS) is 36.1. The first kappa shape index (κ1) is 15.1. The fourth-order valence-electron chi connectivity index (χ4n) is 4.01. The molecule has 0 aromatic heterocycles. The average molecular weight is 264 g/mol. The topological polar surface area (TPSA) is 9.23 Å². The van der Waals surface area contributed by atoms with Crippen LogP contribution >= 0.6 is 0 Å². The zero-order valence-electron chi connectivity index (χ0n) is 12.8. The fourth-order valence-corrected chi connectivity index (χ4v) is 4.01. The molecule has 0 radical (unpaired) electrons. The van der Waals surface area contributed by atoms with Crippen molar-refractivity contribution in [1.29, 1.82) is 0 Å². The summed E-state index contributed by atoms with van der Waals surface area (Å²) in [5.41, 5.74) is 0. The maximum Gasteiger partial charge on any atom is 0.0575 e. The number of rotatable bonds is 6. The SMILES string of the molecule is C=CC1CCC(CCC2CCC(OCC)CC2)CC1. The van der Waals surface area contributed by atoms with Gasteiger partial charge in [-0.25, -0.2) is 0 Å². The summed E-state index contributed by atoms with van der Waals surface area (Å²) in [5, 5.41) is 0. The highest BCUT2D eigenvalue weighted by atomic mass is 16.5. The molecule has 110 valence electrons. The molecule has 2 rings (SSSR count). The maximum absolute atomic E-state index is 5.74. The summed E-state index contributed by atoms with van der Waals surface area (Å²) in [5.74, 6) is 2.83. The molecule has 0 aromatic rings. The summed E-state index contributed by atoms with van der Waals surface area (Å²) < 4.78 is 5.74. The van der Waals surface area contributed by atoms with Crippen molar-refractivity contribution >= 4 is 0 Å². The third-order valence-corrected chi connectivity index (χ3v) is 5.40. The van der Waals surface area contributed by atoms with E-state index in [1.165, 1.54) is 64.2 Å². The predicted molar refractivity (Wildman–Crippen MR) is 82.3 cm³/mol. The quantitative estimate of drug-likeness (QED) is 0.587. The minimum atomic E-state index is 0.573. The van der Waals surface area contributed by atoms with Crippen molar-refractivity contribution < 1.29 is 4.74 Å². The number of hydrogen-bond acceptors (Lipinski definition) is 1. The smallest absolute Gasteiger partial charge is 0.0575 e. The molecular weight excluding hydrogens is 232 g/mol. The van der Waals surface area contributed by atoms with E-state index in [9.17, 15) is 0 Å². The van der Waals surface area contributed by atoms with Crippen LogP contribution in [-0.4, -0.2) is 12.7 Å². The lowest BCUT2D eigenvalue weighted by Crippen LogP contribution is -2.22. The van der Waals surface area contributed by atoms with E-state index in [0.29, 0.717) is 6.10 Å². The van der Waals surface area contributed by atoms with Crippen LogP contribution in [0.25, 0.3) is 0 Å². The summed E-state index contributed by atoms with van der Waals surface area (Å²) in [6, 6.07) is 0. The highest BCUT2D eigenvalue weighted by Gasteiger charge is 2.24. The van der Waals surface area contributed by atoms with Crippen molar-refractivity contribution in [3.63, 3.8) is 0 Å². The van der Waals surface area contributed by atoms with Crippen molar-refractivity contribution in [1.82, 2.24) is 0 Å². The molecule has 0 amide bonds. The molecule has 2 aliphatic rings. The molecule has 0 bridgehead atoms. The molecule has 2 fully saturated rings. The third-order valence-electron chi connectivity index (χ3n) is 5.40. The van der Waals surface area contributed by atoms with Crippen molar-refractivity contribution in [3.8, 4) is 0 Å². The number of ether oxygens (including phenoxy) is 1. The maximum atomic E-state index is 5.74. The predicted octanol–water partition coefficient (Wildman–Crippen LogP) is 5.35. The molecule has 2 aliphatic carbocycles.